The average Bonchev–Trinajstić information content (AvgIpc) is 2.47. The summed E-state index contributed by atoms with van der Waals surface area (Å²) in [6.07, 6.45) is -0.524. The van der Waals surface area contributed by atoms with Gasteiger partial charge in [-0.15, -0.1) is 0 Å². The van der Waals surface area contributed by atoms with E-state index in [2.05, 4.69) is 26.5 Å². The molecule has 0 aliphatic rings. The maximum atomic E-state index is 11.9. The number of ether oxygens (including phenoxy) is 2. The molecule has 1 amide bonds. The van der Waals surface area contributed by atoms with Crippen molar-refractivity contribution >= 4 is 17.5 Å². The first-order chi connectivity index (χ1) is 10.4. The number of amides is 1. The fourth-order valence-electron chi connectivity index (χ4n) is 1.89. The molecule has 0 saturated carbocycles. The molecule has 0 aromatic heterocycles. The summed E-state index contributed by atoms with van der Waals surface area (Å²) >= 11 is 0. The standard InChI is InChI=1S/C17H20N2O3/c1-19(2,3)14-6-5-7-16(12-14)22-17(20)18-13-8-10-15(21-4)11-9-13/h5-12H,1-4H3/p+1. The lowest BCUT2D eigenvalue weighted by Gasteiger charge is -2.23. The molecule has 5 heteroatoms. The lowest BCUT2D eigenvalue weighted by atomic mass is 10.2. The molecule has 0 unspecified atom stereocenters. The lowest BCUT2D eigenvalue weighted by molar-refractivity contribution is 0.215. The predicted octanol–water partition coefficient (Wildman–Crippen LogP) is 3.50. The van der Waals surface area contributed by atoms with Crippen molar-refractivity contribution in [1.29, 1.82) is 0 Å². The summed E-state index contributed by atoms with van der Waals surface area (Å²) in [6, 6.07) is 14.5. The van der Waals surface area contributed by atoms with Crippen molar-refractivity contribution in [2.45, 2.75) is 0 Å². The number of benzene rings is 2. The van der Waals surface area contributed by atoms with Crippen molar-refractivity contribution in [3.8, 4) is 11.5 Å². The van der Waals surface area contributed by atoms with Crippen molar-refractivity contribution in [3.05, 3.63) is 48.5 Å². The van der Waals surface area contributed by atoms with Gasteiger partial charge in [0.05, 0.1) is 28.3 Å². The number of methoxy groups -OCH3 is 1. The van der Waals surface area contributed by atoms with Gasteiger partial charge in [0, 0.05) is 11.8 Å². The van der Waals surface area contributed by atoms with Crippen molar-refractivity contribution in [2.24, 2.45) is 0 Å². The molecule has 1 N–H and O–H groups in total. The first kappa shape index (κ1) is 15.9. The maximum absolute atomic E-state index is 11.9. The number of hydrogen-bond donors (Lipinski definition) is 1. The first-order valence-corrected chi connectivity index (χ1v) is 6.93. The molecule has 0 bridgehead atoms. The highest BCUT2D eigenvalue weighted by Gasteiger charge is 2.14. The second kappa shape index (κ2) is 6.49. The first-order valence-electron chi connectivity index (χ1n) is 6.93. The zero-order valence-electron chi connectivity index (χ0n) is 13.3. The molecule has 0 saturated heterocycles. The van der Waals surface area contributed by atoms with E-state index in [0.29, 0.717) is 15.9 Å². The van der Waals surface area contributed by atoms with Crippen LogP contribution in [0, 0.1) is 0 Å². The van der Waals surface area contributed by atoms with Crippen LogP contribution in [0.15, 0.2) is 48.5 Å². The number of anilines is 1. The number of nitrogens with one attached hydrogen (secondary N) is 1. The fraction of sp³-hybridized carbons (Fsp3) is 0.235. The Morgan fingerprint density at radius 1 is 1.00 bits per heavy atom. The van der Waals surface area contributed by atoms with Gasteiger partial charge >= 0.3 is 6.09 Å². The van der Waals surface area contributed by atoms with Crippen LogP contribution in [-0.4, -0.2) is 34.3 Å². The summed E-state index contributed by atoms with van der Waals surface area (Å²) in [6.45, 7) is 0. The van der Waals surface area contributed by atoms with E-state index in [1.165, 1.54) is 0 Å². The van der Waals surface area contributed by atoms with Gasteiger partial charge in [-0.05, 0) is 36.4 Å². The smallest absolute Gasteiger partial charge is 0.417 e. The van der Waals surface area contributed by atoms with E-state index in [1.807, 2.05) is 18.2 Å². The van der Waals surface area contributed by atoms with Crippen LogP contribution < -0.4 is 19.3 Å². The van der Waals surface area contributed by atoms with E-state index in [9.17, 15) is 4.79 Å². The fourth-order valence-corrected chi connectivity index (χ4v) is 1.89. The van der Waals surface area contributed by atoms with Crippen LogP contribution >= 0.6 is 0 Å². The van der Waals surface area contributed by atoms with Crippen LogP contribution in [0.25, 0.3) is 0 Å². The van der Waals surface area contributed by atoms with E-state index in [4.69, 9.17) is 9.47 Å². The molecule has 0 atom stereocenters. The molecule has 2 rings (SSSR count). The van der Waals surface area contributed by atoms with Crippen molar-refractivity contribution in [1.82, 2.24) is 4.48 Å². The van der Waals surface area contributed by atoms with E-state index >= 15 is 0 Å². The van der Waals surface area contributed by atoms with Gasteiger partial charge in [0.2, 0.25) is 0 Å². The van der Waals surface area contributed by atoms with Crippen LogP contribution in [0.2, 0.25) is 0 Å². The molecule has 2 aromatic carbocycles. The molecule has 2 aromatic rings. The maximum Gasteiger partial charge on any atom is 0.417 e. The highest BCUT2D eigenvalue weighted by Crippen LogP contribution is 2.23. The molecule has 0 aliphatic carbocycles. The third kappa shape index (κ3) is 4.23. The summed E-state index contributed by atoms with van der Waals surface area (Å²) in [7, 11) is 7.75. The SMILES string of the molecule is COc1ccc(NC(=O)Oc2cccc([N+](C)(C)C)c2)cc1. The Bertz CT molecular complexity index is 646. The number of nitrogens with zero attached hydrogens (tertiary/aromatic N) is 1. The van der Waals surface area contributed by atoms with Gasteiger partial charge < -0.3 is 9.47 Å². The zero-order chi connectivity index (χ0) is 16.2. The van der Waals surface area contributed by atoms with Crippen molar-refractivity contribution in [2.75, 3.05) is 33.6 Å². The number of carbonyl (C=O) groups excluding carboxylic acids is 1. The van der Waals surface area contributed by atoms with Gasteiger partial charge in [0.15, 0.2) is 0 Å². The molecule has 0 heterocycles. The topological polar surface area (TPSA) is 47.6 Å². The minimum atomic E-state index is -0.524. The van der Waals surface area contributed by atoms with Crippen LogP contribution in [0.1, 0.15) is 0 Å². The molecular formula is C17H21N2O3+. The Kier molecular flexibility index (Phi) is 4.68. The molecule has 5 nitrogen and oxygen atoms in total. The molecule has 22 heavy (non-hydrogen) atoms. The average molecular weight is 301 g/mol. The van der Waals surface area contributed by atoms with Gasteiger partial charge in [-0.25, -0.2) is 4.79 Å². The second-order valence-corrected chi connectivity index (χ2v) is 5.75. The largest absolute Gasteiger partial charge is 0.497 e. The molecule has 0 aliphatic heterocycles. The van der Waals surface area contributed by atoms with Crippen LogP contribution in [-0.2, 0) is 0 Å². The molecule has 0 radical (unpaired) electrons. The van der Waals surface area contributed by atoms with Gasteiger partial charge in [0.1, 0.15) is 17.2 Å². The third-order valence-corrected chi connectivity index (χ3v) is 3.14. The Morgan fingerprint density at radius 3 is 2.27 bits per heavy atom. The Hall–Kier alpha value is -2.53. The van der Waals surface area contributed by atoms with Crippen LogP contribution in [0.3, 0.4) is 0 Å². The highest BCUT2D eigenvalue weighted by molar-refractivity contribution is 5.86. The molecular weight excluding hydrogens is 280 g/mol. The minimum absolute atomic E-state index is 0.511. The Morgan fingerprint density at radius 2 is 1.68 bits per heavy atom. The summed E-state index contributed by atoms with van der Waals surface area (Å²) in [5.74, 6) is 1.24. The monoisotopic (exact) mass is 301 g/mol. The summed E-state index contributed by atoms with van der Waals surface area (Å²) in [5, 5.41) is 2.68. The quantitative estimate of drug-likeness (QED) is 0.879. The van der Waals surface area contributed by atoms with Crippen LogP contribution in [0.4, 0.5) is 16.2 Å². The number of rotatable bonds is 4. The minimum Gasteiger partial charge on any atom is -0.497 e. The van der Waals surface area contributed by atoms with Crippen LogP contribution in [0.5, 0.6) is 11.5 Å². The summed E-state index contributed by atoms with van der Waals surface area (Å²) in [5.41, 5.74) is 1.70. The van der Waals surface area contributed by atoms with E-state index in [1.54, 1.807) is 37.4 Å². The van der Waals surface area contributed by atoms with E-state index < -0.39 is 6.09 Å². The Labute approximate surface area is 130 Å². The number of carbonyl (C=O) groups is 1. The third-order valence-electron chi connectivity index (χ3n) is 3.14. The summed E-state index contributed by atoms with van der Waals surface area (Å²) in [4.78, 5) is 11.9. The Balaban J connectivity index is 2.02. The van der Waals surface area contributed by atoms with E-state index in [0.717, 1.165) is 11.4 Å². The predicted molar refractivity (Wildman–Crippen MR) is 88.6 cm³/mol. The van der Waals surface area contributed by atoms with Gasteiger partial charge in [-0.2, -0.15) is 0 Å². The number of quaternary nitrogens is 1. The molecule has 116 valence electrons. The van der Waals surface area contributed by atoms with Crippen molar-refractivity contribution < 1.29 is 14.3 Å². The normalized spacial score (nSPS) is 10.9. The summed E-state index contributed by atoms with van der Waals surface area (Å²) < 4.78 is 11.0. The molecule has 0 spiro atoms. The van der Waals surface area contributed by atoms with Crippen molar-refractivity contribution in [3.63, 3.8) is 0 Å². The molecule has 0 fully saturated rings. The van der Waals surface area contributed by atoms with Gasteiger partial charge in [0.25, 0.3) is 0 Å². The highest BCUT2D eigenvalue weighted by atomic mass is 16.6. The number of hydrogen-bond acceptors (Lipinski definition) is 3. The van der Waals surface area contributed by atoms with E-state index in [-0.39, 0.29) is 0 Å². The van der Waals surface area contributed by atoms with Gasteiger partial charge in [-0.1, -0.05) is 6.07 Å². The second-order valence-electron chi connectivity index (χ2n) is 5.75. The van der Waals surface area contributed by atoms with Gasteiger partial charge in [-0.3, -0.25) is 9.80 Å². The lowest BCUT2D eigenvalue weighted by Crippen LogP contribution is -2.34. The zero-order valence-corrected chi connectivity index (χ0v) is 13.3.